The number of alkyl carbamates (subject to hydrolysis) is 1. The Morgan fingerprint density at radius 2 is 1.62 bits per heavy atom. The van der Waals surface area contributed by atoms with Gasteiger partial charge >= 0.3 is 6.09 Å². The normalized spacial score (nSPS) is 17.8. The van der Waals surface area contributed by atoms with Crippen molar-refractivity contribution in [2.75, 3.05) is 6.54 Å². The molecular formula is C38H63N3O6. The molecule has 0 aromatic heterocycles. The molecule has 0 heterocycles. The summed E-state index contributed by atoms with van der Waals surface area (Å²) in [5.41, 5.74) is 0.159. The third-order valence-electron chi connectivity index (χ3n) is 9.29. The first kappa shape index (κ1) is 40.2. The number of hydrogen-bond donors (Lipinski definition) is 4. The SMILES string of the molecule is CCC[C@@H](CC(=O)[C@H](Cc1ccccc1)NC(=O)OC(C)(C)C)C(=O)N[C@@H](CC1CCCCC1)[C@@H](O)C[C@@H](C)C(=O)NC[C@@H](C)CC. The van der Waals surface area contributed by atoms with E-state index in [4.69, 9.17) is 4.74 Å². The van der Waals surface area contributed by atoms with Gasteiger partial charge in [-0.05, 0) is 63.9 Å². The van der Waals surface area contributed by atoms with Crippen LogP contribution in [0.4, 0.5) is 4.79 Å². The lowest BCUT2D eigenvalue weighted by atomic mass is 9.82. The van der Waals surface area contributed by atoms with Crippen molar-refractivity contribution in [1.82, 2.24) is 16.0 Å². The van der Waals surface area contributed by atoms with Crippen LogP contribution in [0, 0.1) is 23.7 Å². The second kappa shape index (κ2) is 20.4. The number of aliphatic hydroxyl groups excluding tert-OH is 1. The summed E-state index contributed by atoms with van der Waals surface area (Å²) in [4.78, 5) is 53.2. The van der Waals surface area contributed by atoms with Crippen LogP contribution in [0.15, 0.2) is 30.3 Å². The molecule has 3 amide bonds. The Bertz CT molecular complexity index is 1100. The summed E-state index contributed by atoms with van der Waals surface area (Å²) in [7, 11) is 0. The molecule has 0 aliphatic heterocycles. The molecule has 9 heteroatoms. The zero-order chi connectivity index (χ0) is 35.0. The molecule has 2 rings (SSSR count). The highest BCUT2D eigenvalue weighted by atomic mass is 16.6. The van der Waals surface area contributed by atoms with Gasteiger partial charge in [0.1, 0.15) is 5.60 Å². The molecular weight excluding hydrogens is 594 g/mol. The molecule has 0 radical (unpaired) electrons. The van der Waals surface area contributed by atoms with Crippen molar-refractivity contribution in [3.8, 4) is 0 Å². The molecule has 47 heavy (non-hydrogen) atoms. The number of benzene rings is 1. The predicted octanol–water partition coefficient (Wildman–Crippen LogP) is 6.50. The number of hydrogen-bond acceptors (Lipinski definition) is 6. The zero-order valence-electron chi connectivity index (χ0n) is 30.1. The fourth-order valence-electron chi connectivity index (χ4n) is 6.23. The largest absolute Gasteiger partial charge is 0.444 e. The van der Waals surface area contributed by atoms with Crippen LogP contribution in [0.1, 0.15) is 125 Å². The number of amides is 3. The van der Waals surface area contributed by atoms with Crippen molar-refractivity contribution in [2.24, 2.45) is 23.7 Å². The molecule has 0 spiro atoms. The smallest absolute Gasteiger partial charge is 0.408 e. The van der Waals surface area contributed by atoms with Crippen molar-refractivity contribution in [3.63, 3.8) is 0 Å². The minimum absolute atomic E-state index is 0.0480. The third-order valence-corrected chi connectivity index (χ3v) is 9.29. The Kier molecular flexibility index (Phi) is 17.5. The van der Waals surface area contributed by atoms with Crippen LogP contribution in [0.25, 0.3) is 0 Å². The standard InChI is InChI=1S/C38H63N3O6/c1-8-16-30(24-34(43)32(23-29-19-14-11-15-20-29)41-37(46)47-38(5,6)7)36(45)40-31(22-28-17-12-10-13-18-28)33(42)21-27(4)35(44)39-25-26(3)9-2/h11,14-15,19-20,26-28,30-33,42H,8-10,12-13,16-18,21-25H2,1-7H3,(H,39,44)(H,40,45)(H,41,46)/t26-,27+,30-,31-,32-,33-/m0/s1. The fourth-order valence-corrected chi connectivity index (χ4v) is 6.23. The van der Waals surface area contributed by atoms with E-state index >= 15 is 0 Å². The van der Waals surface area contributed by atoms with Gasteiger partial charge in [0.15, 0.2) is 5.78 Å². The summed E-state index contributed by atoms with van der Waals surface area (Å²) >= 11 is 0. The molecule has 0 saturated heterocycles. The number of nitrogens with one attached hydrogen (secondary N) is 3. The minimum atomic E-state index is -0.900. The number of aliphatic hydroxyl groups is 1. The molecule has 1 aliphatic carbocycles. The number of Topliss-reactive ketones (excluding diaryl/α,β-unsaturated/α-hetero) is 1. The first-order valence-electron chi connectivity index (χ1n) is 18.0. The lowest BCUT2D eigenvalue weighted by molar-refractivity contribution is -0.132. The summed E-state index contributed by atoms with van der Waals surface area (Å²) in [6, 6.07) is 8.06. The van der Waals surface area contributed by atoms with Crippen molar-refractivity contribution < 1.29 is 29.0 Å². The zero-order valence-corrected chi connectivity index (χ0v) is 30.1. The predicted molar refractivity (Wildman–Crippen MR) is 187 cm³/mol. The molecule has 1 saturated carbocycles. The van der Waals surface area contributed by atoms with E-state index < -0.39 is 41.7 Å². The van der Waals surface area contributed by atoms with Crippen LogP contribution in [0.3, 0.4) is 0 Å². The van der Waals surface area contributed by atoms with Gasteiger partial charge < -0.3 is 25.8 Å². The number of carbonyl (C=O) groups excluding carboxylic acids is 4. The lowest BCUT2D eigenvalue weighted by Crippen LogP contribution is -2.49. The number of ether oxygens (including phenoxy) is 1. The first-order chi connectivity index (χ1) is 22.2. The van der Waals surface area contributed by atoms with E-state index in [0.717, 1.165) is 37.7 Å². The number of carbonyl (C=O) groups is 4. The van der Waals surface area contributed by atoms with Crippen molar-refractivity contribution in [2.45, 2.75) is 149 Å². The minimum Gasteiger partial charge on any atom is -0.444 e. The molecule has 266 valence electrons. The van der Waals surface area contributed by atoms with Crippen molar-refractivity contribution in [3.05, 3.63) is 35.9 Å². The van der Waals surface area contributed by atoms with Gasteiger partial charge in [-0.3, -0.25) is 14.4 Å². The second-order valence-electron chi connectivity index (χ2n) is 14.9. The monoisotopic (exact) mass is 657 g/mol. The van der Waals surface area contributed by atoms with E-state index in [1.807, 2.05) is 44.2 Å². The van der Waals surface area contributed by atoms with Gasteiger partial charge in [0, 0.05) is 24.8 Å². The lowest BCUT2D eigenvalue weighted by Gasteiger charge is -2.32. The molecule has 1 aromatic rings. The summed E-state index contributed by atoms with van der Waals surface area (Å²) < 4.78 is 5.45. The van der Waals surface area contributed by atoms with Gasteiger partial charge in [0.05, 0.1) is 18.2 Å². The molecule has 6 atom stereocenters. The number of ketones is 1. The fraction of sp³-hybridized carbons (Fsp3) is 0.737. The molecule has 1 fully saturated rings. The highest BCUT2D eigenvalue weighted by molar-refractivity contribution is 5.92. The van der Waals surface area contributed by atoms with E-state index in [1.54, 1.807) is 20.8 Å². The van der Waals surface area contributed by atoms with Crippen LogP contribution < -0.4 is 16.0 Å². The summed E-state index contributed by atoms with van der Waals surface area (Å²) in [6.07, 6.45) is 7.25. The average molecular weight is 658 g/mol. The Morgan fingerprint density at radius 1 is 0.957 bits per heavy atom. The number of rotatable bonds is 19. The summed E-state index contributed by atoms with van der Waals surface area (Å²) in [5.74, 6) is -0.886. The molecule has 1 aliphatic rings. The summed E-state index contributed by atoms with van der Waals surface area (Å²) in [5, 5.41) is 20.3. The van der Waals surface area contributed by atoms with Crippen molar-refractivity contribution >= 4 is 23.7 Å². The Hall–Kier alpha value is -2.94. The van der Waals surface area contributed by atoms with E-state index in [2.05, 4.69) is 29.8 Å². The average Bonchev–Trinajstić information content (AvgIpc) is 3.02. The highest BCUT2D eigenvalue weighted by Crippen LogP contribution is 2.29. The van der Waals surface area contributed by atoms with E-state index in [0.29, 0.717) is 37.6 Å². The van der Waals surface area contributed by atoms with Gasteiger partial charge in [0.2, 0.25) is 11.8 Å². The van der Waals surface area contributed by atoms with Crippen LogP contribution >= 0.6 is 0 Å². The van der Waals surface area contributed by atoms with Gasteiger partial charge in [0.25, 0.3) is 0 Å². The second-order valence-corrected chi connectivity index (χ2v) is 14.9. The van der Waals surface area contributed by atoms with Crippen LogP contribution in [-0.4, -0.2) is 59.1 Å². The van der Waals surface area contributed by atoms with Crippen molar-refractivity contribution in [1.29, 1.82) is 0 Å². The maximum Gasteiger partial charge on any atom is 0.408 e. The highest BCUT2D eigenvalue weighted by Gasteiger charge is 2.33. The maximum absolute atomic E-state index is 13.9. The molecule has 0 bridgehead atoms. The molecule has 0 unspecified atom stereocenters. The van der Waals surface area contributed by atoms with Gasteiger partial charge in [-0.15, -0.1) is 0 Å². The first-order valence-corrected chi connectivity index (χ1v) is 18.0. The van der Waals surface area contributed by atoms with Crippen LogP contribution in [0.2, 0.25) is 0 Å². The summed E-state index contributed by atoms with van der Waals surface area (Å²) in [6.45, 7) is 13.9. The molecule has 4 N–H and O–H groups in total. The Labute approximate surface area is 283 Å². The van der Waals surface area contributed by atoms with Gasteiger partial charge in [-0.1, -0.05) is 103 Å². The molecule has 9 nitrogen and oxygen atoms in total. The Morgan fingerprint density at radius 3 is 2.21 bits per heavy atom. The van der Waals surface area contributed by atoms with Gasteiger partial charge in [-0.2, -0.15) is 0 Å². The quantitative estimate of drug-likeness (QED) is 0.134. The van der Waals surface area contributed by atoms with E-state index in [1.165, 1.54) is 6.42 Å². The van der Waals surface area contributed by atoms with Crippen LogP contribution in [0.5, 0.6) is 0 Å². The maximum atomic E-state index is 13.9. The molecule has 1 aromatic carbocycles. The van der Waals surface area contributed by atoms with Crippen LogP contribution in [-0.2, 0) is 25.5 Å². The third kappa shape index (κ3) is 15.7. The topological polar surface area (TPSA) is 134 Å². The van der Waals surface area contributed by atoms with E-state index in [9.17, 15) is 24.3 Å². The Balaban J connectivity index is 2.19. The van der Waals surface area contributed by atoms with E-state index in [-0.39, 0.29) is 36.9 Å². The van der Waals surface area contributed by atoms with Gasteiger partial charge in [-0.25, -0.2) is 4.79 Å².